The number of carbonyl (C=O) groups excluding carboxylic acids is 1. The Hall–Kier alpha value is -2.66. The van der Waals surface area contributed by atoms with E-state index < -0.39 is 10.0 Å². The molecular formula is C22H24N4O4S2. The molecule has 1 aliphatic heterocycles. The highest BCUT2D eigenvalue weighted by Crippen LogP contribution is 2.34. The number of aromatic nitrogens is 2. The van der Waals surface area contributed by atoms with Crippen molar-refractivity contribution in [2.45, 2.75) is 29.5 Å². The Morgan fingerprint density at radius 1 is 1.06 bits per heavy atom. The van der Waals surface area contributed by atoms with Crippen molar-refractivity contribution >= 4 is 32.4 Å². The summed E-state index contributed by atoms with van der Waals surface area (Å²) < 4.78 is 33.8. The summed E-state index contributed by atoms with van der Waals surface area (Å²) in [4.78, 5) is 12.4. The molecule has 3 aromatic rings. The molecule has 0 unspecified atom stereocenters. The maximum atomic E-state index is 12.9. The van der Waals surface area contributed by atoms with Crippen molar-refractivity contribution in [1.82, 2.24) is 14.9 Å². The van der Waals surface area contributed by atoms with Crippen molar-refractivity contribution < 1.29 is 17.9 Å². The Morgan fingerprint density at radius 3 is 2.44 bits per heavy atom. The molecule has 1 amide bonds. The number of amides is 1. The van der Waals surface area contributed by atoms with Crippen molar-refractivity contribution in [2.24, 2.45) is 0 Å². The molecular weight excluding hydrogens is 448 g/mol. The number of anilines is 1. The molecule has 10 heteroatoms. The van der Waals surface area contributed by atoms with E-state index in [2.05, 4.69) is 20.2 Å². The van der Waals surface area contributed by atoms with Gasteiger partial charge in [-0.25, -0.2) is 13.1 Å². The topological polar surface area (TPSA) is 110 Å². The van der Waals surface area contributed by atoms with Gasteiger partial charge in [0.05, 0.1) is 0 Å². The van der Waals surface area contributed by atoms with Gasteiger partial charge in [0.25, 0.3) is 15.9 Å². The molecule has 1 fully saturated rings. The van der Waals surface area contributed by atoms with E-state index in [1.807, 2.05) is 49.4 Å². The maximum Gasteiger partial charge on any atom is 0.269 e. The third kappa shape index (κ3) is 5.04. The lowest BCUT2D eigenvalue weighted by Crippen LogP contribution is -2.44. The van der Waals surface area contributed by atoms with E-state index in [0.29, 0.717) is 31.6 Å². The van der Waals surface area contributed by atoms with Gasteiger partial charge in [-0.2, -0.15) is 0 Å². The Morgan fingerprint density at radius 2 is 1.75 bits per heavy atom. The van der Waals surface area contributed by atoms with Crippen LogP contribution in [-0.2, 0) is 20.2 Å². The van der Waals surface area contributed by atoms with E-state index in [1.165, 1.54) is 0 Å². The van der Waals surface area contributed by atoms with Crippen LogP contribution < -0.4 is 10.0 Å². The third-order valence-corrected chi connectivity index (χ3v) is 8.21. The summed E-state index contributed by atoms with van der Waals surface area (Å²) in [6, 6.07) is 16.9. The first kappa shape index (κ1) is 22.5. The van der Waals surface area contributed by atoms with E-state index >= 15 is 0 Å². The summed E-state index contributed by atoms with van der Waals surface area (Å²) >= 11 is 0.818. The molecule has 0 bridgehead atoms. The number of carbonyl (C=O) groups is 1. The molecule has 0 atom stereocenters. The lowest BCUT2D eigenvalue weighted by molar-refractivity contribution is 0.0517. The Labute approximate surface area is 191 Å². The number of hydrogen-bond acceptors (Lipinski definition) is 7. The van der Waals surface area contributed by atoms with Crippen LogP contribution in [0, 0.1) is 6.92 Å². The Kier molecular flexibility index (Phi) is 6.66. The second-order valence-corrected chi connectivity index (χ2v) is 10.7. The average molecular weight is 473 g/mol. The third-order valence-electron chi connectivity index (χ3n) is 5.61. The van der Waals surface area contributed by atoms with Gasteiger partial charge in [0.15, 0.2) is 0 Å². The minimum atomic E-state index is -3.89. The molecule has 2 N–H and O–H groups in total. The molecule has 8 nitrogen and oxygen atoms in total. The Balaban J connectivity index is 1.46. The molecule has 0 radical (unpaired) electrons. The largest absolute Gasteiger partial charge is 0.381 e. The summed E-state index contributed by atoms with van der Waals surface area (Å²) in [5.74, 6) is -0.372. The number of hydrogen-bond donors (Lipinski definition) is 2. The fourth-order valence-corrected chi connectivity index (χ4v) is 5.72. The zero-order valence-electron chi connectivity index (χ0n) is 17.6. The zero-order chi connectivity index (χ0) is 22.6. The van der Waals surface area contributed by atoms with Gasteiger partial charge in [-0.1, -0.05) is 59.4 Å². The van der Waals surface area contributed by atoms with Gasteiger partial charge in [-0.05, 0) is 37.5 Å². The number of benzene rings is 2. The zero-order valence-corrected chi connectivity index (χ0v) is 19.2. The summed E-state index contributed by atoms with van der Waals surface area (Å²) in [7, 11) is -3.89. The normalized spacial score (nSPS) is 15.9. The summed E-state index contributed by atoms with van der Waals surface area (Å²) in [6.45, 7) is 3.31. The molecule has 168 valence electrons. The minimum Gasteiger partial charge on any atom is -0.381 e. The first-order valence-corrected chi connectivity index (χ1v) is 12.5. The summed E-state index contributed by atoms with van der Waals surface area (Å²) in [5, 5.41) is 10.4. The highest BCUT2D eigenvalue weighted by Gasteiger charge is 2.36. The van der Waals surface area contributed by atoms with Crippen LogP contribution in [0.5, 0.6) is 0 Å². The predicted molar refractivity (Wildman–Crippen MR) is 122 cm³/mol. The van der Waals surface area contributed by atoms with Crippen molar-refractivity contribution in [1.29, 1.82) is 0 Å². The van der Waals surface area contributed by atoms with Gasteiger partial charge in [0.2, 0.25) is 9.47 Å². The van der Waals surface area contributed by atoms with Gasteiger partial charge in [0.1, 0.15) is 0 Å². The van der Waals surface area contributed by atoms with Crippen LogP contribution >= 0.6 is 11.3 Å². The predicted octanol–water partition coefficient (Wildman–Crippen LogP) is 3.13. The highest BCUT2D eigenvalue weighted by molar-refractivity contribution is 7.91. The Bertz CT molecular complexity index is 1170. The first-order chi connectivity index (χ1) is 15.4. The van der Waals surface area contributed by atoms with E-state index in [0.717, 1.165) is 22.5 Å². The average Bonchev–Trinajstić information content (AvgIpc) is 3.29. The molecule has 0 saturated carbocycles. The van der Waals surface area contributed by atoms with Crippen LogP contribution in [-0.4, -0.2) is 44.3 Å². The van der Waals surface area contributed by atoms with E-state index in [1.54, 1.807) is 12.1 Å². The SMILES string of the molecule is Cc1ccc(C(=O)Nc2nnc(S(=O)(=O)NCC3(c4ccccc4)CCOCC3)s2)cc1. The number of nitrogens with zero attached hydrogens (tertiary/aromatic N) is 2. The second-order valence-electron chi connectivity index (χ2n) is 7.78. The molecule has 2 aromatic carbocycles. The lowest BCUT2D eigenvalue weighted by atomic mass is 9.74. The molecule has 1 aliphatic rings. The number of aryl methyl sites for hydroxylation is 1. The quantitative estimate of drug-likeness (QED) is 0.511. The maximum absolute atomic E-state index is 12.9. The van der Waals surface area contributed by atoms with Crippen molar-refractivity contribution in [3.8, 4) is 0 Å². The summed E-state index contributed by atoms with van der Waals surface area (Å²) in [6.07, 6.45) is 1.43. The smallest absolute Gasteiger partial charge is 0.269 e. The van der Waals surface area contributed by atoms with Crippen LogP contribution in [0.1, 0.15) is 34.3 Å². The molecule has 1 aromatic heterocycles. The molecule has 32 heavy (non-hydrogen) atoms. The molecule has 4 rings (SSSR count). The highest BCUT2D eigenvalue weighted by atomic mass is 32.2. The van der Waals surface area contributed by atoms with Crippen LogP contribution in [0.3, 0.4) is 0 Å². The molecule has 0 spiro atoms. The number of ether oxygens (including phenoxy) is 1. The molecule has 0 aliphatic carbocycles. The standard InChI is InChI=1S/C22H24N4O4S2/c1-16-7-9-17(10-8-16)19(27)24-20-25-26-21(31-20)32(28,29)23-15-22(11-13-30-14-12-22)18-5-3-2-4-6-18/h2-10,23H,11-15H2,1H3,(H,24,25,27). The molecule has 2 heterocycles. The minimum absolute atomic E-state index is 0.125. The van der Waals surface area contributed by atoms with Gasteiger partial charge >= 0.3 is 0 Å². The number of nitrogens with one attached hydrogen (secondary N) is 2. The van der Waals surface area contributed by atoms with Crippen LogP contribution in [0.2, 0.25) is 0 Å². The number of sulfonamides is 1. The lowest BCUT2D eigenvalue weighted by Gasteiger charge is -2.37. The first-order valence-electron chi connectivity index (χ1n) is 10.2. The monoisotopic (exact) mass is 472 g/mol. The van der Waals surface area contributed by atoms with Gasteiger partial charge in [-0.15, -0.1) is 10.2 Å². The number of rotatable bonds is 7. The van der Waals surface area contributed by atoms with E-state index in [4.69, 9.17) is 4.74 Å². The van der Waals surface area contributed by atoms with Gasteiger partial charge in [0, 0.05) is 30.7 Å². The van der Waals surface area contributed by atoms with Crippen LogP contribution in [0.25, 0.3) is 0 Å². The van der Waals surface area contributed by atoms with Gasteiger partial charge < -0.3 is 4.74 Å². The van der Waals surface area contributed by atoms with Crippen molar-refractivity contribution in [2.75, 3.05) is 25.1 Å². The fourth-order valence-electron chi connectivity index (χ4n) is 3.66. The second kappa shape index (κ2) is 9.45. The van der Waals surface area contributed by atoms with Crippen molar-refractivity contribution in [3.05, 3.63) is 71.3 Å². The van der Waals surface area contributed by atoms with Crippen LogP contribution in [0.4, 0.5) is 5.13 Å². The fraction of sp³-hybridized carbons (Fsp3) is 0.318. The summed E-state index contributed by atoms with van der Waals surface area (Å²) in [5.41, 5.74) is 2.22. The molecule has 1 saturated heterocycles. The van der Waals surface area contributed by atoms with Gasteiger partial charge in [-0.3, -0.25) is 10.1 Å². The van der Waals surface area contributed by atoms with Crippen LogP contribution in [0.15, 0.2) is 58.9 Å². The van der Waals surface area contributed by atoms with E-state index in [-0.39, 0.29) is 27.3 Å². The van der Waals surface area contributed by atoms with E-state index in [9.17, 15) is 13.2 Å². The van der Waals surface area contributed by atoms with Crippen molar-refractivity contribution in [3.63, 3.8) is 0 Å².